The summed E-state index contributed by atoms with van der Waals surface area (Å²) >= 11 is 0. The number of ether oxygens (including phenoxy) is 2. The van der Waals surface area contributed by atoms with Crippen molar-refractivity contribution in [3.63, 3.8) is 0 Å². The summed E-state index contributed by atoms with van der Waals surface area (Å²) in [7, 11) is 0. The van der Waals surface area contributed by atoms with Gasteiger partial charge in [0.15, 0.2) is 11.5 Å². The minimum atomic E-state index is -0.726. The maximum Gasteiger partial charge on any atom is 0.262 e. The Hall–Kier alpha value is -3.35. The topological polar surface area (TPSA) is 89.0 Å². The van der Waals surface area contributed by atoms with Crippen molar-refractivity contribution in [1.82, 2.24) is 10.7 Å². The van der Waals surface area contributed by atoms with Gasteiger partial charge in [0.25, 0.3) is 11.8 Å². The van der Waals surface area contributed by atoms with Crippen LogP contribution in [-0.4, -0.2) is 30.9 Å². The van der Waals surface area contributed by atoms with Crippen LogP contribution in [0.1, 0.15) is 29.8 Å². The lowest BCUT2D eigenvalue weighted by Gasteiger charge is -2.20. The highest BCUT2D eigenvalue weighted by Gasteiger charge is 2.25. The molecule has 0 saturated carbocycles. The van der Waals surface area contributed by atoms with Crippen LogP contribution in [0.5, 0.6) is 11.5 Å². The fourth-order valence-corrected chi connectivity index (χ4v) is 2.58. The maximum atomic E-state index is 12.5. The predicted molar refractivity (Wildman–Crippen MR) is 101 cm³/mol. The molecule has 2 N–H and O–H groups in total. The second-order valence-electron chi connectivity index (χ2n) is 6.41. The number of benzene rings is 2. The molecule has 2 amide bonds. The molecule has 2 aromatic carbocycles. The Balaban J connectivity index is 1.63. The molecule has 1 atom stereocenters. The molecule has 1 heterocycles. The molecule has 0 bridgehead atoms. The summed E-state index contributed by atoms with van der Waals surface area (Å²) in [4.78, 5) is 25.0. The third-order valence-corrected chi connectivity index (χ3v) is 4.06. The van der Waals surface area contributed by atoms with Gasteiger partial charge in [0.1, 0.15) is 6.04 Å². The first-order chi connectivity index (χ1) is 13.0. The fourth-order valence-electron chi connectivity index (χ4n) is 2.58. The standard InChI is InChI=1S/C20H21N3O4/c1-13(2)18(20(25)23-21-11-14-6-4-3-5-7-14)22-19(24)15-8-9-16-17(10-15)27-12-26-16/h3-11,13,18H,12H2,1-2H3,(H,22,24)(H,23,25)/b21-11+/t18-/m0/s1. The van der Waals surface area contributed by atoms with Crippen LogP contribution in [0.25, 0.3) is 0 Å². The Labute approximate surface area is 157 Å². The number of carbonyl (C=O) groups excluding carboxylic acids is 2. The van der Waals surface area contributed by atoms with Gasteiger partial charge in [-0.25, -0.2) is 5.43 Å². The van der Waals surface area contributed by atoms with E-state index in [0.29, 0.717) is 17.1 Å². The van der Waals surface area contributed by atoms with Gasteiger partial charge in [0.2, 0.25) is 6.79 Å². The number of hydrogen-bond donors (Lipinski definition) is 2. The molecule has 27 heavy (non-hydrogen) atoms. The first-order valence-corrected chi connectivity index (χ1v) is 8.63. The molecule has 0 aliphatic carbocycles. The number of carbonyl (C=O) groups is 2. The average Bonchev–Trinajstić information content (AvgIpc) is 3.14. The van der Waals surface area contributed by atoms with E-state index in [1.165, 1.54) is 0 Å². The first-order valence-electron chi connectivity index (χ1n) is 8.63. The van der Waals surface area contributed by atoms with Gasteiger partial charge in [0, 0.05) is 5.56 Å². The molecule has 2 aromatic rings. The van der Waals surface area contributed by atoms with Gasteiger partial charge in [0.05, 0.1) is 6.21 Å². The fraction of sp³-hybridized carbons (Fsp3) is 0.250. The average molecular weight is 367 g/mol. The van der Waals surface area contributed by atoms with Gasteiger partial charge in [-0.3, -0.25) is 9.59 Å². The number of rotatable bonds is 6. The van der Waals surface area contributed by atoms with Crippen molar-refractivity contribution in [3.05, 3.63) is 59.7 Å². The zero-order valence-electron chi connectivity index (χ0n) is 15.1. The van der Waals surface area contributed by atoms with Gasteiger partial charge < -0.3 is 14.8 Å². The molecule has 0 fully saturated rings. The number of nitrogens with zero attached hydrogens (tertiary/aromatic N) is 1. The van der Waals surface area contributed by atoms with Crippen molar-refractivity contribution in [1.29, 1.82) is 0 Å². The Morgan fingerprint density at radius 2 is 1.81 bits per heavy atom. The highest BCUT2D eigenvalue weighted by Crippen LogP contribution is 2.32. The smallest absolute Gasteiger partial charge is 0.262 e. The summed E-state index contributed by atoms with van der Waals surface area (Å²) in [6.07, 6.45) is 1.55. The lowest BCUT2D eigenvalue weighted by atomic mass is 10.0. The van der Waals surface area contributed by atoms with E-state index < -0.39 is 6.04 Å². The highest BCUT2D eigenvalue weighted by molar-refractivity contribution is 5.98. The molecule has 7 nitrogen and oxygen atoms in total. The summed E-state index contributed by atoms with van der Waals surface area (Å²) in [6, 6.07) is 13.6. The molecule has 3 rings (SSSR count). The summed E-state index contributed by atoms with van der Waals surface area (Å²) < 4.78 is 10.5. The van der Waals surface area contributed by atoms with Crippen LogP contribution in [0, 0.1) is 5.92 Å². The predicted octanol–water partition coefficient (Wildman–Crippen LogP) is 2.32. The van der Waals surface area contributed by atoms with Gasteiger partial charge in [-0.15, -0.1) is 0 Å². The molecular formula is C20H21N3O4. The number of amides is 2. The molecule has 0 spiro atoms. The van der Waals surface area contributed by atoms with Crippen molar-refractivity contribution in [2.45, 2.75) is 19.9 Å². The maximum absolute atomic E-state index is 12.5. The third kappa shape index (κ3) is 4.63. The number of nitrogens with one attached hydrogen (secondary N) is 2. The van der Waals surface area contributed by atoms with Crippen molar-refractivity contribution >= 4 is 18.0 Å². The quantitative estimate of drug-likeness (QED) is 0.606. The molecule has 0 radical (unpaired) electrons. The summed E-state index contributed by atoms with van der Waals surface area (Å²) in [5.74, 6) is 0.246. The minimum Gasteiger partial charge on any atom is -0.454 e. The minimum absolute atomic E-state index is 0.116. The summed E-state index contributed by atoms with van der Waals surface area (Å²) in [5.41, 5.74) is 3.74. The van der Waals surface area contributed by atoms with Crippen LogP contribution in [0.15, 0.2) is 53.6 Å². The van der Waals surface area contributed by atoms with E-state index in [0.717, 1.165) is 5.56 Å². The van der Waals surface area contributed by atoms with Crippen LogP contribution in [0.2, 0.25) is 0 Å². The zero-order valence-corrected chi connectivity index (χ0v) is 15.1. The molecule has 1 aliphatic rings. The SMILES string of the molecule is CC(C)[C@H](NC(=O)c1ccc2c(c1)OCO2)C(=O)N/N=C/c1ccccc1. The number of hydrazone groups is 1. The molecule has 0 saturated heterocycles. The molecular weight excluding hydrogens is 346 g/mol. The van der Waals surface area contributed by atoms with Gasteiger partial charge in [-0.2, -0.15) is 5.10 Å². The van der Waals surface area contributed by atoms with Gasteiger partial charge >= 0.3 is 0 Å². The normalized spacial score (nSPS) is 13.6. The van der Waals surface area contributed by atoms with E-state index in [1.807, 2.05) is 44.2 Å². The van der Waals surface area contributed by atoms with Crippen LogP contribution < -0.4 is 20.2 Å². The Bertz CT molecular complexity index is 850. The highest BCUT2D eigenvalue weighted by atomic mass is 16.7. The van der Waals surface area contributed by atoms with E-state index in [4.69, 9.17) is 9.47 Å². The molecule has 0 unspecified atom stereocenters. The van der Waals surface area contributed by atoms with Crippen molar-refractivity contribution in [2.75, 3.05) is 6.79 Å². The van der Waals surface area contributed by atoms with Crippen LogP contribution >= 0.6 is 0 Å². The van der Waals surface area contributed by atoms with Gasteiger partial charge in [-0.05, 0) is 29.7 Å². The summed E-state index contributed by atoms with van der Waals surface area (Å²) in [6.45, 7) is 3.84. The van der Waals surface area contributed by atoms with Crippen LogP contribution in [-0.2, 0) is 4.79 Å². The van der Waals surface area contributed by atoms with E-state index >= 15 is 0 Å². The largest absolute Gasteiger partial charge is 0.454 e. The zero-order chi connectivity index (χ0) is 19.2. The second-order valence-corrected chi connectivity index (χ2v) is 6.41. The Morgan fingerprint density at radius 3 is 2.56 bits per heavy atom. The lowest BCUT2D eigenvalue weighted by molar-refractivity contribution is -0.123. The van der Waals surface area contributed by atoms with Crippen molar-refractivity contribution in [2.24, 2.45) is 11.0 Å². The van der Waals surface area contributed by atoms with E-state index in [2.05, 4.69) is 15.8 Å². The lowest BCUT2D eigenvalue weighted by Crippen LogP contribution is -2.48. The van der Waals surface area contributed by atoms with Crippen LogP contribution in [0.4, 0.5) is 0 Å². The van der Waals surface area contributed by atoms with E-state index in [9.17, 15) is 9.59 Å². The van der Waals surface area contributed by atoms with Crippen molar-refractivity contribution in [3.8, 4) is 11.5 Å². The summed E-state index contributed by atoms with van der Waals surface area (Å²) in [5, 5.41) is 6.71. The van der Waals surface area contributed by atoms with Gasteiger partial charge in [-0.1, -0.05) is 44.2 Å². The molecule has 140 valence electrons. The monoisotopic (exact) mass is 367 g/mol. The molecule has 0 aromatic heterocycles. The van der Waals surface area contributed by atoms with Crippen molar-refractivity contribution < 1.29 is 19.1 Å². The van der Waals surface area contributed by atoms with E-state index in [1.54, 1.807) is 24.4 Å². The second kappa shape index (κ2) is 8.35. The Morgan fingerprint density at radius 1 is 1.07 bits per heavy atom. The number of hydrogen-bond acceptors (Lipinski definition) is 5. The molecule has 1 aliphatic heterocycles. The van der Waals surface area contributed by atoms with Crippen LogP contribution in [0.3, 0.4) is 0 Å². The third-order valence-electron chi connectivity index (χ3n) is 4.06. The molecule has 7 heteroatoms. The number of fused-ring (bicyclic) bond motifs is 1. The Kier molecular flexibility index (Phi) is 5.71. The van der Waals surface area contributed by atoms with E-state index in [-0.39, 0.29) is 24.5 Å². The first kappa shape index (κ1) is 18.4.